The van der Waals surface area contributed by atoms with E-state index < -0.39 is 15.3 Å². The molecule has 0 aliphatic carbocycles. The Morgan fingerprint density at radius 3 is 2.38 bits per heavy atom. The lowest BCUT2D eigenvalue weighted by atomic mass is 10.2. The number of hydrogen-bond acceptors (Lipinski definition) is 7. The highest BCUT2D eigenvalue weighted by atomic mass is 32.2. The van der Waals surface area contributed by atoms with E-state index in [0.717, 1.165) is 0 Å². The van der Waals surface area contributed by atoms with Gasteiger partial charge in [0.2, 0.25) is 21.8 Å². The highest BCUT2D eigenvalue weighted by Gasteiger charge is 2.38. The van der Waals surface area contributed by atoms with Crippen LogP contribution in [-0.2, 0) is 19.6 Å². The van der Waals surface area contributed by atoms with Gasteiger partial charge in [-0.25, -0.2) is 18.5 Å². The molecule has 1 fully saturated rings. The largest absolute Gasteiger partial charge is 0.494 e. The van der Waals surface area contributed by atoms with Gasteiger partial charge in [-0.3, -0.25) is 14.5 Å². The Morgan fingerprint density at radius 2 is 1.81 bits per heavy atom. The van der Waals surface area contributed by atoms with Gasteiger partial charge in [0.15, 0.2) is 5.17 Å². The van der Waals surface area contributed by atoms with E-state index in [2.05, 4.69) is 10.3 Å². The fourth-order valence-corrected chi connectivity index (χ4v) is 4.76. The number of primary sulfonamides is 1. The molecular formula is C21H24N4O5S2. The number of rotatable bonds is 8. The molecule has 1 saturated heterocycles. The van der Waals surface area contributed by atoms with Gasteiger partial charge in [-0.05, 0) is 62.4 Å². The smallest absolute Gasteiger partial charge is 0.242 e. The molecule has 1 aliphatic heterocycles. The topological polar surface area (TPSA) is 131 Å². The predicted molar refractivity (Wildman–Crippen MR) is 125 cm³/mol. The molecule has 11 heteroatoms. The first-order valence-corrected chi connectivity index (χ1v) is 12.4. The third-order valence-electron chi connectivity index (χ3n) is 4.55. The van der Waals surface area contributed by atoms with Gasteiger partial charge in [0, 0.05) is 18.7 Å². The number of thioether (sulfide) groups is 1. The van der Waals surface area contributed by atoms with Gasteiger partial charge >= 0.3 is 0 Å². The van der Waals surface area contributed by atoms with Crippen LogP contribution < -0.4 is 15.2 Å². The molecule has 0 spiro atoms. The van der Waals surface area contributed by atoms with Gasteiger partial charge in [-0.2, -0.15) is 0 Å². The van der Waals surface area contributed by atoms with E-state index in [1.807, 2.05) is 13.8 Å². The molecule has 1 atom stereocenters. The Morgan fingerprint density at radius 1 is 1.16 bits per heavy atom. The highest BCUT2D eigenvalue weighted by molar-refractivity contribution is 8.15. The molecule has 2 aromatic rings. The first kappa shape index (κ1) is 23.8. The maximum atomic E-state index is 12.8. The summed E-state index contributed by atoms with van der Waals surface area (Å²) in [5.41, 5.74) is 1.09. The molecule has 2 aromatic carbocycles. The van der Waals surface area contributed by atoms with Crippen molar-refractivity contribution in [3.05, 3.63) is 48.5 Å². The number of nitrogens with zero attached hydrogens (tertiary/aromatic N) is 2. The van der Waals surface area contributed by atoms with Gasteiger partial charge in [-0.15, -0.1) is 0 Å². The second kappa shape index (κ2) is 10.2. The average molecular weight is 477 g/mol. The molecular weight excluding hydrogens is 452 g/mol. The lowest BCUT2D eigenvalue weighted by molar-refractivity contribution is -0.128. The number of amidine groups is 1. The van der Waals surface area contributed by atoms with E-state index in [-0.39, 0.29) is 23.1 Å². The summed E-state index contributed by atoms with van der Waals surface area (Å²) in [6.45, 7) is 4.67. The molecule has 1 unspecified atom stereocenters. The zero-order chi connectivity index (χ0) is 23.3. The Balaban J connectivity index is 1.67. The zero-order valence-electron chi connectivity index (χ0n) is 17.6. The predicted octanol–water partition coefficient (Wildman–Crippen LogP) is 2.71. The maximum Gasteiger partial charge on any atom is 0.242 e. The summed E-state index contributed by atoms with van der Waals surface area (Å²) in [7, 11) is -3.79. The van der Waals surface area contributed by atoms with Crippen LogP contribution in [0.1, 0.15) is 20.3 Å². The number of nitrogens with one attached hydrogen (secondary N) is 1. The van der Waals surface area contributed by atoms with Gasteiger partial charge < -0.3 is 10.1 Å². The summed E-state index contributed by atoms with van der Waals surface area (Å²) in [5, 5.41) is 7.76. The minimum absolute atomic E-state index is 0.00339. The number of nitrogens with two attached hydrogens (primary N) is 1. The first-order valence-electron chi connectivity index (χ1n) is 9.93. The monoisotopic (exact) mass is 476 g/mol. The fourth-order valence-electron chi connectivity index (χ4n) is 3.02. The van der Waals surface area contributed by atoms with Crippen molar-refractivity contribution in [3.8, 4) is 5.75 Å². The van der Waals surface area contributed by atoms with E-state index >= 15 is 0 Å². The number of hydrogen-bond donors (Lipinski definition) is 2. The van der Waals surface area contributed by atoms with Crippen molar-refractivity contribution >= 4 is 50.1 Å². The van der Waals surface area contributed by atoms with Crippen LogP contribution in [0.4, 0.5) is 11.4 Å². The van der Waals surface area contributed by atoms with Crippen molar-refractivity contribution in [3.63, 3.8) is 0 Å². The number of carbonyl (C=O) groups is 2. The van der Waals surface area contributed by atoms with Gasteiger partial charge in [0.05, 0.1) is 17.2 Å². The van der Waals surface area contributed by atoms with E-state index in [1.54, 1.807) is 24.3 Å². The zero-order valence-corrected chi connectivity index (χ0v) is 19.3. The quantitative estimate of drug-likeness (QED) is 0.602. The summed E-state index contributed by atoms with van der Waals surface area (Å²) in [5.74, 6) is 0.234. The molecule has 32 heavy (non-hydrogen) atoms. The Kier molecular flexibility index (Phi) is 7.54. The third-order valence-corrected chi connectivity index (χ3v) is 6.65. The third kappa shape index (κ3) is 5.87. The summed E-state index contributed by atoms with van der Waals surface area (Å²) in [4.78, 5) is 31.2. The van der Waals surface area contributed by atoms with Gasteiger partial charge in [0.1, 0.15) is 11.0 Å². The minimum Gasteiger partial charge on any atom is -0.494 e. The molecule has 3 rings (SSSR count). The Labute approximate surface area is 191 Å². The standard InChI is InChI=1S/C21H24N4O5S2/c1-3-25-20(27)18(13-19(26)23-14-5-9-16(10-6-14)30-4-2)31-21(25)24-15-7-11-17(12-8-15)32(22,28)29/h5-12,18H,3-4,13H2,1-2H3,(H,23,26)(H2,22,28,29). The average Bonchev–Trinajstić information content (AvgIpc) is 3.03. The summed E-state index contributed by atoms with van der Waals surface area (Å²) in [6.07, 6.45) is -0.00339. The number of carbonyl (C=O) groups excluding carboxylic acids is 2. The number of amides is 2. The van der Waals surface area contributed by atoms with Crippen LogP contribution in [0.5, 0.6) is 5.75 Å². The Hall–Kier alpha value is -2.89. The number of aliphatic imine (C=N–C) groups is 1. The van der Waals surface area contributed by atoms with E-state index in [9.17, 15) is 18.0 Å². The summed E-state index contributed by atoms with van der Waals surface area (Å²) >= 11 is 1.21. The van der Waals surface area contributed by atoms with Crippen LogP contribution in [0.3, 0.4) is 0 Å². The van der Waals surface area contributed by atoms with Crippen molar-refractivity contribution in [2.24, 2.45) is 10.1 Å². The molecule has 1 aliphatic rings. The molecule has 3 N–H and O–H groups in total. The maximum absolute atomic E-state index is 12.8. The van der Waals surface area contributed by atoms with Crippen molar-refractivity contribution in [2.75, 3.05) is 18.5 Å². The molecule has 2 amide bonds. The normalized spacial score (nSPS) is 17.6. The molecule has 0 bridgehead atoms. The fraction of sp³-hybridized carbons (Fsp3) is 0.286. The number of ether oxygens (including phenoxy) is 1. The number of sulfonamides is 1. The summed E-state index contributed by atoms with van der Waals surface area (Å²) < 4.78 is 28.2. The molecule has 0 saturated carbocycles. The number of anilines is 1. The molecule has 0 radical (unpaired) electrons. The van der Waals surface area contributed by atoms with E-state index in [0.29, 0.717) is 35.4 Å². The number of benzene rings is 2. The minimum atomic E-state index is -3.79. The van der Waals surface area contributed by atoms with Crippen LogP contribution in [-0.4, -0.2) is 48.7 Å². The lowest BCUT2D eigenvalue weighted by Crippen LogP contribution is -2.33. The van der Waals surface area contributed by atoms with E-state index in [4.69, 9.17) is 9.88 Å². The van der Waals surface area contributed by atoms with Crippen molar-refractivity contribution < 1.29 is 22.7 Å². The van der Waals surface area contributed by atoms with Crippen molar-refractivity contribution in [1.82, 2.24) is 4.90 Å². The molecule has 1 heterocycles. The SMILES string of the molecule is CCOc1ccc(NC(=O)CC2SC(=Nc3ccc(S(N)(=O)=O)cc3)N(CC)C2=O)cc1. The molecule has 170 valence electrons. The highest BCUT2D eigenvalue weighted by Crippen LogP contribution is 2.32. The van der Waals surface area contributed by atoms with Crippen LogP contribution in [0, 0.1) is 0 Å². The molecule has 0 aromatic heterocycles. The van der Waals surface area contributed by atoms with Gasteiger partial charge in [0.25, 0.3) is 0 Å². The Bertz CT molecular complexity index is 1120. The van der Waals surface area contributed by atoms with E-state index in [1.165, 1.54) is 40.9 Å². The van der Waals surface area contributed by atoms with Crippen LogP contribution >= 0.6 is 11.8 Å². The van der Waals surface area contributed by atoms with Gasteiger partial charge in [-0.1, -0.05) is 11.8 Å². The van der Waals surface area contributed by atoms with Crippen LogP contribution in [0.2, 0.25) is 0 Å². The van der Waals surface area contributed by atoms with Crippen molar-refractivity contribution in [2.45, 2.75) is 30.4 Å². The summed E-state index contributed by atoms with van der Waals surface area (Å²) in [6, 6.07) is 12.7. The van der Waals surface area contributed by atoms with Crippen LogP contribution in [0.15, 0.2) is 58.4 Å². The second-order valence-electron chi connectivity index (χ2n) is 6.83. The first-order chi connectivity index (χ1) is 15.2. The van der Waals surface area contributed by atoms with Crippen LogP contribution in [0.25, 0.3) is 0 Å². The van der Waals surface area contributed by atoms with Crippen molar-refractivity contribution in [1.29, 1.82) is 0 Å². The second-order valence-corrected chi connectivity index (χ2v) is 9.56. The lowest BCUT2D eigenvalue weighted by Gasteiger charge is -2.13. The molecule has 9 nitrogen and oxygen atoms in total.